The van der Waals surface area contributed by atoms with Crippen molar-refractivity contribution < 1.29 is 14.3 Å². The fourth-order valence-electron chi connectivity index (χ4n) is 2.29. The molecule has 0 fully saturated rings. The van der Waals surface area contributed by atoms with Crippen LogP contribution in [0.15, 0.2) is 35.5 Å². The van der Waals surface area contributed by atoms with Gasteiger partial charge in [0.2, 0.25) is 0 Å². The van der Waals surface area contributed by atoms with Gasteiger partial charge in [0, 0.05) is 17.2 Å². The van der Waals surface area contributed by atoms with Crippen LogP contribution in [0.2, 0.25) is 9.36 Å². The number of thioether (sulfide) groups is 1. The minimum absolute atomic E-state index is 0.0716. The first-order valence-electron chi connectivity index (χ1n) is 7.37. The summed E-state index contributed by atoms with van der Waals surface area (Å²) in [7, 11) is 1.35. The number of benzene rings is 1. The molecule has 10 heteroatoms. The summed E-state index contributed by atoms with van der Waals surface area (Å²) in [6.45, 7) is 0. The molecule has 0 radical (unpaired) electrons. The average Bonchev–Trinajstić information content (AvgIpc) is 3.23. The summed E-state index contributed by atoms with van der Waals surface area (Å²) in [4.78, 5) is 24.3. The predicted octanol–water partition coefficient (Wildman–Crippen LogP) is 4.29. The van der Waals surface area contributed by atoms with Crippen LogP contribution in [0.5, 0.6) is 0 Å². The number of halogens is 2. The maximum absolute atomic E-state index is 12.4. The van der Waals surface area contributed by atoms with E-state index in [0.717, 1.165) is 17.2 Å². The number of esters is 1. The molecule has 2 aromatic rings. The first-order chi connectivity index (χ1) is 12.5. The molecule has 1 aromatic carbocycles. The van der Waals surface area contributed by atoms with E-state index >= 15 is 0 Å². The van der Waals surface area contributed by atoms with E-state index < -0.39 is 5.91 Å². The second-order valence-corrected chi connectivity index (χ2v) is 7.92. The zero-order valence-electron chi connectivity index (χ0n) is 13.5. The molecule has 1 aromatic heterocycles. The number of carbonyl (C=O) groups is 2. The van der Waals surface area contributed by atoms with Gasteiger partial charge in [-0.2, -0.15) is 16.1 Å². The van der Waals surface area contributed by atoms with Gasteiger partial charge >= 0.3 is 5.97 Å². The van der Waals surface area contributed by atoms with Crippen LogP contribution in [0.25, 0.3) is 0 Å². The largest absolute Gasteiger partial charge is 0.466 e. The van der Waals surface area contributed by atoms with E-state index in [-0.39, 0.29) is 21.0 Å². The Balaban J connectivity index is 1.84. The molecule has 0 spiro atoms. The highest BCUT2D eigenvalue weighted by Crippen LogP contribution is 2.32. The van der Waals surface area contributed by atoms with Gasteiger partial charge in [-0.05, 0) is 23.7 Å². The highest BCUT2D eigenvalue weighted by molar-refractivity contribution is 8.00. The molecular formula is C16H13Cl2N3O3S2. The zero-order valence-corrected chi connectivity index (χ0v) is 16.6. The lowest BCUT2D eigenvalue weighted by atomic mass is 10.2. The Kier molecular flexibility index (Phi) is 6.08. The van der Waals surface area contributed by atoms with Crippen molar-refractivity contribution in [3.63, 3.8) is 0 Å². The van der Waals surface area contributed by atoms with E-state index in [9.17, 15) is 9.59 Å². The van der Waals surface area contributed by atoms with Crippen molar-refractivity contribution in [1.82, 2.24) is 4.37 Å². The molecule has 0 atom stereocenters. The summed E-state index contributed by atoms with van der Waals surface area (Å²) < 4.78 is 9.04. The number of aromatic nitrogens is 1. The summed E-state index contributed by atoms with van der Waals surface area (Å²) in [6.07, 6.45) is 0. The summed E-state index contributed by atoms with van der Waals surface area (Å²) in [6, 6.07) is 7.15. The highest BCUT2D eigenvalue weighted by Gasteiger charge is 2.23. The molecular weight excluding hydrogens is 417 g/mol. The second-order valence-electron chi connectivity index (χ2n) is 5.19. The Hall–Kier alpha value is -1.74. The smallest absolute Gasteiger partial charge is 0.336 e. The first kappa shape index (κ1) is 19.0. The molecule has 136 valence electrons. The molecule has 26 heavy (non-hydrogen) atoms. The van der Waals surface area contributed by atoms with Crippen LogP contribution < -0.4 is 10.6 Å². The van der Waals surface area contributed by atoms with Crippen LogP contribution in [0, 0.1) is 0 Å². The molecule has 6 nitrogen and oxygen atoms in total. The first-order valence-corrected chi connectivity index (χ1v) is 10.1. The van der Waals surface area contributed by atoms with Gasteiger partial charge in [-0.1, -0.05) is 35.3 Å². The minimum atomic E-state index is -0.463. The number of para-hydroxylation sites is 2. The van der Waals surface area contributed by atoms with Crippen LogP contribution in [0.3, 0.4) is 0 Å². The number of methoxy groups -OCH3 is 1. The van der Waals surface area contributed by atoms with Crippen molar-refractivity contribution >= 4 is 69.7 Å². The monoisotopic (exact) mass is 429 g/mol. The second kappa shape index (κ2) is 8.30. The maximum atomic E-state index is 12.4. The standard InChI is InChI=1S/C16H13Cl2N3O3S2/c1-24-16(23)8-6-25-7-11(8)19-9-4-2-3-5-10(9)20-15(22)13-12(17)14(18)26-21-13/h2-5,19H,6-7H2,1H3,(H,20,22). The molecule has 0 bridgehead atoms. The molecule has 2 N–H and O–H groups in total. The topological polar surface area (TPSA) is 80.3 Å². The summed E-state index contributed by atoms with van der Waals surface area (Å²) >= 11 is 14.4. The molecule has 0 saturated carbocycles. The number of hydrogen-bond donors (Lipinski definition) is 2. The van der Waals surface area contributed by atoms with Gasteiger partial charge in [-0.25, -0.2) is 4.79 Å². The van der Waals surface area contributed by atoms with Gasteiger partial charge in [0.05, 0.1) is 24.1 Å². The molecule has 3 rings (SSSR count). The van der Waals surface area contributed by atoms with Crippen LogP contribution >= 0.6 is 46.5 Å². The van der Waals surface area contributed by atoms with E-state index in [1.165, 1.54) is 7.11 Å². The number of carbonyl (C=O) groups excluding carboxylic acids is 2. The van der Waals surface area contributed by atoms with Crippen molar-refractivity contribution in [3.8, 4) is 0 Å². The molecule has 1 aliphatic rings. The number of anilines is 2. The number of amides is 1. The zero-order chi connectivity index (χ0) is 18.7. The number of rotatable bonds is 5. The Morgan fingerprint density at radius 3 is 2.58 bits per heavy atom. The van der Waals surface area contributed by atoms with E-state index in [2.05, 4.69) is 15.0 Å². The lowest BCUT2D eigenvalue weighted by molar-refractivity contribution is -0.136. The molecule has 0 saturated heterocycles. The van der Waals surface area contributed by atoms with Crippen molar-refractivity contribution in [2.45, 2.75) is 0 Å². The van der Waals surface area contributed by atoms with Gasteiger partial charge < -0.3 is 15.4 Å². The summed E-state index contributed by atoms with van der Waals surface area (Å²) in [5, 5.41) is 6.11. The quantitative estimate of drug-likeness (QED) is 0.689. The Bertz CT molecular complexity index is 899. The SMILES string of the molecule is COC(=O)C1=C(Nc2ccccc2NC(=O)c2nsc(Cl)c2Cl)CSC1. The Labute approximate surface area is 168 Å². The number of nitrogens with zero attached hydrogens (tertiary/aromatic N) is 1. The molecule has 2 heterocycles. The van der Waals surface area contributed by atoms with E-state index in [4.69, 9.17) is 27.9 Å². The number of nitrogens with one attached hydrogen (secondary N) is 2. The Morgan fingerprint density at radius 1 is 1.19 bits per heavy atom. The lowest BCUT2D eigenvalue weighted by Crippen LogP contribution is -2.15. The lowest BCUT2D eigenvalue weighted by Gasteiger charge is -2.14. The fourth-order valence-corrected chi connectivity index (χ4v) is 4.34. The molecule has 0 aliphatic carbocycles. The van der Waals surface area contributed by atoms with E-state index in [1.54, 1.807) is 30.0 Å². The normalized spacial score (nSPS) is 13.7. The third kappa shape index (κ3) is 3.98. The van der Waals surface area contributed by atoms with Crippen LogP contribution in [-0.2, 0) is 9.53 Å². The van der Waals surface area contributed by atoms with Crippen LogP contribution in [-0.4, -0.2) is 34.9 Å². The minimum Gasteiger partial charge on any atom is -0.466 e. The van der Waals surface area contributed by atoms with Gasteiger partial charge in [0.15, 0.2) is 5.69 Å². The summed E-state index contributed by atoms with van der Waals surface area (Å²) in [5.41, 5.74) is 2.61. The molecule has 0 unspecified atom stereocenters. The maximum Gasteiger partial charge on any atom is 0.336 e. The molecule has 1 amide bonds. The van der Waals surface area contributed by atoms with Crippen molar-refractivity contribution in [2.75, 3.05) is 29.2 Å². The fraction of sp³-hybridized carbons (Fsp3) is 0.188. The number of ether oxygens (including phenoxy) is 1. The molecule has 1 aliphatic heterocycles. The van der Waals surface area contributed by atoms with E-state index in [0.29, 0.717) is 28.5 Å². The Morgan fingerprint density at radius 2 is 1.92 bits per heavy atom. The highest BCUT2D eigenvalue weighted by atomic mass is 35.5. The van der Waals surface area contributed by atoms with Crippen LogP contribution in [0.4, 0.5) is 11.4 Å². The van der Waals surface area contributed by atoms with Crippen molar-refractivity contribution in [2.24, 2.45) is 0 Å². The summed E-state index contributed by atoms with van der Waals surface area (Å²) in [5.74, 6) is 0.412. The van der Waals surface area contributed by atoms with Crippen molar-refractivity contribution in [1.29, 1.82) is 0 Å². The predicted molar refractivity (Wildman–Crippen MR) is 107 cm³/mol. The average molecular weight is 430 g/mol. The number of hydrogen-bond acceptors (Lipinski definition) is 7. The van der Waals surface area contributed by atoms with E-state index in [1.807, 2.05) is 6.07 Å². The van der Waals surface area contributed by atoms with Gasteiger partial charge in [0.1, 0.15) is 9.36 Å². The van der Waals surface area contributed by atoms with Crippen LogP contribution in [0.1, 0.15) is 10.5 Å². The van der Waals surface area contributed by atoms with Gasteiger partial charge in [-0.15, -0.1) is 0 Å². The van der Waals surface area contributed by atoms with Crippen molar-refractivity contribution in [3.05, 3.63) is 50.6 Å². The van der Waals surface area contributed by atoms with Gasteiger partial charge in [0.25, 0.3) is 5.91 Å². The third-order valence-electron chi connectivity index (χ3n) is 3.56. The van der Waals surface area contributed by atoms with Gasteiger partial charge in [-0.3, -0.25) is 4.79 Å². The third-order valence-corrected chi connectivity index (χ3v) is 6.16.